The summed E-state index contributed by atoms with van der Waals surface area (Å²) >= 11 is 0. The third-order valence-electron chi connectivity index (χ3n) is 8.34. The smallest absolute Gasteiger partial charge is 0.254 e. The van der Waals surface area contributed by atoms with Gasteiger partial charge in [0, 0.05) is 55.5 Å². The molecule has 240 valence electrons. The monoisotopic (exact) mass is 624 g/mol. The van der Waals surface area contributed by atoms with Gasteiger partial charge in [-0.3, -0.25) is 14.4 Å². The molecule has 12 heteroatoms. The lowest BCUT2D eigenvalue weighted by molar-refractivity contribution is -0.129. The number of hydrogen-bond donors (Lipinski definition) is 3. The van der Waals surface area contributed by atoms with E-state index in [1.807, 2.05) is 37.4 Å². The number of aryl methyl sites for hydroxylation is 2. The van der Waals surface area contributed by atoms with Crippen molar-refractivity contribution in [1.29, 1.82) is 0 Å². The predicted molar refractivity (Wildman–Crippen MR) is 173 cm³/mol. The van der Waals surface area contributed by atoms with Gasteiger partial charge >= 0.3 is 0 Å². The highest BCUT2D eigenvalue weighted by atomic mass is 16.3. The van der Waals surface area contributed by atoms with Crippen molar-refractivity contribution in [2.24, 2.45) is 5.92 Å². The van der Waals surface area contributed by atoms with Crippen molar-refractivity contribution in [3.05, 3.63) is 77.3 Å². The topological polar surface area (TPSA) is 151 Å². The SMILES string of the molecule is Cc1nc2n(n1)CCN(C(=O)c1ccc3nc(C)oc3c1)CCCC(=O)N[C@H](Cc1c[nH]c3ccccc13)C(=O)N[C@H]2CC(C)C. The second-order valence-corrected chi connectivity index (χ2v) is 12.4. The number of rotatable bonds is 5. The zero-order chi connectivity index (χ0) is 32.4. The fraction of sp³-hybridized carbons (Fsp3) is 0.412. The van der Waals surface area contributed by atoms with Crippen molar-refractivity contribution in [3.8, 4) is 0 Å². The molecule has 3 N–H and O–H groups in total. The van der Waals surface area contributed by atoms with Crippen LogP contribution < -0.4 is 10.6 Å². The van der Waals surface area contributed by atoms with E-state index in [9.17, 15) is 14.4 Å². The predicted octanol–water partition coefficient (Wildman–Crippen LogP) is 4.38. The number of carbonyl (C=O) groups excluding carboxylic acids is 3. The van der Waals surface area contributed by atoms with Gasteiger partial charge in [-0.25, -0.2) is 14.6 Å². The summed E-state index contributed by atoms with van der Waals surface area (Å²) in [4.78, 5) is 55.2. The zero-order valence-electron chi connectivity index (χ0n) is 26.7. The van der Waals surface area contributed by atoms with Crippen molar-refractivity contribution in [3.63, 3.8) is 0 Å². The van der Waals surface area contributed by atoms with Crippen LogP contribution in [0, 0.1) is 19.8 Å². The Hall–Kier alpha value is -5.00. The molecule has 3 aromatic heterocycles. The van der Waals surface area contributed by atoms with Crippen LogP contribution in [0.4, 0.5) is 0 Å². The van der Waals surface area contributed by atoms with Gasteiger partial charge in [0.2, 0.25) is 11.8 Å². The van der Waals surface area contributed by atoms with Crippen molar-refractivity contribution in [1.82, 2.24) is 40.3 Å². The van der Waals surface area contributed by atoms with Gasteiger partial charge < -0.3 is 24.9 Å². The first-order chi connectivity index (χ1) is 22.1. The summed E-state index contributed by atoms with van der Waals surface area (Å²) < 4.78 is 7.47. The molecule has 3 amide bonds. The first kappa shape index (κ1) is 31.0. The molecule has 12 nitrogen and oxygen atoms in total. The van der Waals surface area contributed by atoms with Gasteiger partial charge in [0.15, 0.2) is 11.5 Å². The van der Waals surface area contributed by atoms with Gasteiger partial charge in [0.1, 0.15) is 23.2 Å². The second-order valence-electron chi connectivity index (χ2n) is 12.4. The number of carbonyl (C=O) groups is 3. The summed E-state index contributed by atoms with van der Waals surface area (Å²) in [6.07, 6.45) is 3.40. The van der Waals surface area contributed by atoms with Crippen LogP contribution in [0.1, 0.15) is 72.6 Å². The Labute approximate surface area is 267 Å². The molecule has 0 unspecified atom stereocenters. The second kappa shape index (κ2) is 13.2. The number of nitrogens with zero attached hydrogens (tertiary/aromatic N) is 5. The molecule has 0 saturated carbocycles. The van der Waals surface area contributed by atoms with Crippen molar-refractivity contribution < 1.29 is 18.8 Å². The minimum absolute atomic E-state index is 0.158. The van der Waals surface area contributed by atoms with Crippen LogP contribution in [0.15, 0.2) is 53.1 Å². The van der Waals surface area contributed by atoms with Crippen LogP contribution in [0.5, 0.6) is 0 Å². The molecule has 2 atom stereocenters. The minimum atomic E-state index is -0.809. The molecule has 0 radical (unpaired) electrons. The number of hydrogen-bond acceptors (Lipinski definition) is 7. The molecule has 0 aliphatic carbocycles. The number of aromatic nitrogens is 5. The average molecular weight is 625 g/mol. The number of H-pyrrole nitrogens is 1. The van der Waals surface area contributed by atoms with E-state index >= 15 is 0 Å². The molecule has 1 aliphatic heterocycles. The Kier molecular flexibility index (Phi) is 8.87. The van der Waals surface area contributed by atoms with E-state index in [1.54, 1.807) is 34.7 Å². The zero-order valence-corrected chi connectivity index (χ0v) is 26.7. The number of para-hydroxylation sites is 1. The van der Waals surface area contributed by atoms with E-state index in [4.69, 9.17) is 9.40 Å². The molecule has 46 heavy (non-hydrogen) atoms. The summed E-state index contributed by atoms with van der Waals surface area (Å²) in [5.41, 5.74) is 3.62. The molecule has 0 bridgehead atoms. The van der Waals surface area contributed by atoms with Crippen molar-refractivity contribution in [2.75, 3.05) is 13.1 Å². The van der Waals surface area contributed by atoms with Crippen LogP contribution in [0.25, 0.3) is 22.0 Å². The van der Waals surface area contributed by atoms with E-state index in [1.165, 1.54) is 0 Å². The first-order valence-electron chi connectivity index (χ1n) is 15.9. The fourth-order valence-corrected chi connectivity index (χ4v) is 6.18. The van der Waals surface area contributed by atoms with Crippen molar-refractivity contribution >= 4 is 39.7 Å². The first-order valence-corrected chi connectivity index (χ1v) is 15.9. The van der Waals surface area contributed by atoms with Crippen LogP contribution in [0.3, 0.4) is 0 Å². The van der Waals surface area contributed by atoms with Crippen molar-refractivity contribution in [2.45, 2.75) is 72.0 Å². The van der Waals surface area contributed by atoms with Crippen LogP contribution in [-0.4, -0.2) is 66.5 Å². The Morgan fingerprint density at radius 2 is 1.85 bits per heavy atom. The molecule has 5 aromatic rings. The highest BCUT2D eigenvalue weighted by Gasteiger charge is 2.29. The van der Waals surface area contributed by atoms with Gasteiger partial charge in [0.05, 0.1) is 12.6 Å². The van der Waals surface area contributed by atoms with Gasteiger partial charge in [-0.2, -0.15) is 5.10 Å². The Morgan fingerprint density at radius 1 is 1.02 bits per heavy atom. The molecule has 0 fully saturated rings. The normalized spacial score (nSPS) is 18.4. The van der Waals surface area contributed by atoms with E-state index in [2.05, 4.69) is 39.5 Å². The summed E-state index contributed by atoms with van der Waals surface area (Å²) in [5.74, 6) is 1.28. The molecule has 0 saturated heterocycles. The number of aromatic amines is 1. The molecular formula is C34H40N8O4. The fourth-order valence-electron chi connectivity index (χ4n) is 6.18. The number of oxazole rings is 1. The van der Waals surface area contributed by atoms with E-state index in [0.29, 0.717) is 73.1 Å². The van der Waals surface area contributed by atoms with E-state index < -0.39 is 12.1 Å². The van der Waals surface area contributed by atoms with Gasteiger partial charge in [0.25, 0.3) is 5.91 Å². The lowest BCUT2D eigenvalue weighted by Crippen LogP contribution is -2.49. The summed E-state index contributed by atoms with van der Waals surface area (Å²) in [6.45, 7) is 8.83. The molecular weight excluding hydrogens is 584 g/mol. The molecule has 6 rings (SSSR count). The Balaban J connectivity index is 1.31. The minimum Gasteiger partial charge on any atom is -0.441 e. The Morgan fingerprint density at radius 3 is 2.67 bits per heavy atom. The standard InChI is InChI=1S/C34H40N8O4/c1-20(2)16-28-32-36-21(3)40-42(32)15-14-41(34(45)23-11-12-27-30(18-23)46-22(4)37-27)13-7-10-31(43)38-29(33(44)39-28)17-24-19-35-26-9-6-5-8-25(24)26/h5-6,8-9,11-12,18-20,28-29,35H,7,10,13-17H2,1-4H3,(H,38,43)(H,39,44)/t28-,29+/m0/s1. The summed E-state index contributed by atoms with van der Waals surface area (Å²) in [6, 6.07) is 11.9. The average Bonchev–Trinajstić information content (AvgIpc) is 3.72. The quantitative estimate of drug-likeness (QED) is 0.263. The van der Waals surface area contributed by atoms with Gasteiger partial charge in [-0.05, 0) is 55.5 Å². The van der Waals surface area contributed by atoms with E-state index in [0.717, 1.165) is 16.5 Å². The lowest BCUT2D eigenvalue weighted by atomic mass is 10.0. The third kappa shape index (κ3) is 6.80. The van der Waals surface area contributed by atoms with E-state index in [-0.39, 0.29) is 30.1 Å². The molecule has 4 heterocycles. The highest BCUT2D eigenvalue weighted by molar-refractivity contribution is 5.97. The van der Waals surface area contributed by atoms with Crippen LogP contribution in [0.2, 0.25) is 0 Å². The molecule has 1 aliphatic rings. The maximum absolute atomic E-state index is 13.9. The number of amides is 3. The lowest BCUT2D eigenvalue weighted by Gasteiger charge is -2.27. The molecule has 2 aromatic carbocycles. The number of nitrogens with one attached hydrogen (secondary N) is 3. The van der Waals surface area contributed by atoms with Crippen LogP contribution in [-0.2, 0) is 22.6 Å². The highest BCUT2D eigenvalue weighted by Crippen LogP contribution is 2.24. The maximum Gasteiger partial charge on any atom is 0.254 e. The third-order valence-corrected chi connectivity index (χ3v) is 8.34. The number of benzene rings is 2. The van der Waals surface area contributed by atoms with Gasteiger partial charge in [-0.15, -0.1) is 0 Å². The maximum atomic E-state index is 13.9. The van der Waals surface area contributed by atoms with Crippen LogP contribution >= 0.6 is 0 Å². The Bertz CT molecular complexity index is 1890. The number of fused-ring (bicyclic) bond motifs is 3. The summed E-state index contributed by atoms with van der Waals surface area (Å²) in [5, 5.41) is 11.9. The van der Waals surface area contributed by atoms with Gasteiger partial charge in [-0.1, -0.05) is 32.0 Å². The largest absolute Gasteiger partial charge is 0.441 e. The molecule has 0 spiro atoms. The summed E-state index contributed by atoms with van der Waals surface area (Å²) in [7, 11) is 0.